The van der Waals surface area contributed by atoms with Crippen molar-refractivity contribution in [2.24, 2.45) is 0 Å². The SMILES string of the molecule is O=C(NO)C(c1ccccc1)c1ccc(C#Cc2ccccn2)cc1. The second-order valence-corrected chi connectivity index (χ2v) is 5.41. The number of hydroxylamine groups is 1. The van der Waals surface area contributed by atoms with Crippen molar-refractivity contribution in [3.8, 4) is 11.8 Å². The van der Waals surface area contributed by atoms with Crippen LogP contribution in [0, 0.1) is 11.8 Å². The summed E-state index contributed by atoms with van der Waals surface area (Å²) in [5, 5.41) is 9.06. The van der Waals surface area contributed by atoms with E-state index in [1.807, 2.05) is 72.8 Å². The van der Waals surface area contributed by atoms with Crippen molar-refractivity contribution in [2.45, 2.75) is 5.92 Å². The standard InChI is InChI=1S/C21H16N2O2/c24-21(23-25)20(17-6-2-1-3-7-17)18-12-9-16(10-13-18)11-14-19-8-4-5-15-22-19/h1-10,12-13,15,20,25H,(H,23,24). The zero-order chi connectivity index (χ0) is 17.5. The van der Waals surface area contributed by atoms with Crippen LogP contribution in [0.25, 0.3) is 0 Å². The van der Waals surface area contributed by atoms with Crippen molar-refractivity contribution in [3.05, 3.63) is 101 Å². The van der Waals surface area contributed by atoms with Crippen molar-refractivity contribution >= 4 is 5.91 Å². The average Bonchev–Trinajstić information content (AvgIpc) is 2.69. The van der Waals surface area contributed by atoms with Gasteiger partial charge in [-0.2, -0.15) is 0 Å². The number of hydrogen-bond acceptors (Lipinski definition) is 3. The molecule has 0 bridgehead atoms. The first kappa shape index (κ1) is 16.4. The number of nitrogens with zero attached hydrogens (tertiary/aromatic N) is 1. The highest BCUT2D eigenvalue weighted by Gasteiger charge is 2.22. The quantitative estimate of drug-likeness (QED) is 0.441. The lowest BCUT2D eigenvalue weighted by Crippen LogP contribution is -2.27. The molecule has 1 amide bonds. The fourth-order valence-corrected chi connectivity index (χ4v) is 2.54. The highest BCUT2D eigenvalue weighted by molar-refractivity contribution is 5.86. The Hall–Kier alpha value is -3.42. The highest BCUT2D eigenvalue weighted by atomic mass is 16.5. The molecule has 0 aliphatic rings. The molecule has 1 aromatic heterocycles. The first-order valence-electron chi connectivity index (χ1n) is 7.80. The Labute approximate surface area is 146 Å². The highest BCUT2D eigenvalue weighted by Crippen LogP contribution is 2.25. The minimum absolute atomic E-state index is 0.474. The largest absolute Gasteiger partial charge is 0.289 e. The van der Waals surface area contributed by atoms with Crippen LogP contribution in [0.1, 0.15) is 28.3 Å². The molecule has 4 nitrogen and oxygen atoms in total. The Kier molecular flexibility index (Phi) is 5.20. The molecule has 0 fully saturated rings. The number of rotatable bonds is 3. The van der Waals surface area contributed by atoms with E-state index in [1.165, 1.54) is 0 Å². The van der Waals surface area contributed by atoms with E-state index in [9.17, 15) is 4.79 Å². The van der Waals surface area contributed by atoms with E-state index >= 15 is 0 Å². The summed E-state index contributed by atoms with van der Waals surface area (Å²) < 4.78 is 0. The third-order valence-electron chi connectivity index (χ3n) is 3.75. The molecule has 3 aromatic rings. The zero-order valence-electron chi connectivity index (χ0n) is 13.4. The van der Waals surface area contributed by atoms with Crippen LogP contribution in [0.3, 0.4) is 0 Å². The number of pyridine rings is 1. The molecular weight excluding hydrogens is 312 g/mol. The van der Waals surface area contributed by atoms with Crippen LogP contribution in [0.15, 0.2) is 79.0 Å². The van der Waals surface area contributed by atoms with Gasteiger partial charge in [0.15, 0.2) is 0 Å². The molecule has 25 heavy (non-hydrogen) atoms. The van der Waals surface area contributed by atoms with Crippen molar-refractivity contribution in [1.29, 1.82) is 0 Å². The molecule has 1 unspecified atom stereocenters. The molecule has 0 saturated carbocycles. The van der Waals surface area contributed by atoms with Crippen molar-refractivity contribution < 1.29 is 10.0 Å². The minimum Gasteiger partial charge on any atom is -0.289 e. The number of hydrogen-bond donors (Lipinski definition) is 2. The third-order valence-corrected chi connectivity index (χ3v) is 3.75. The summed E-state index contributed by atoms with van der Waals surface area (Å²) >= 11 is 0. The maximum absolute atomic E-state index is 12.1. The molecule has 0 aliphatic heterocycles. The van der Waals surface area contributed by atoms with Gasteiger partial charge in [-0.25, -0.2) is 10.5 Å². The zero-order valence-corrected chi connectivity index (χ0v) is 13.4. The normalized spacial score (nSPS) is 11.1. The van der Waals surface area contributed by atoms with Gasteiger partial charge in [-0.3, -0.25) is 10.0 Å². The molecule has 0 aliphatic carbocycles. The number of carbonyl (C=O) groups excluding carboxylic acids is 1. The number of nitrogens with one attached hydrogen (secondary N) is 1. The summed E-state index contributed by atoms with van der Waals surface area (Å²) in [5.74, 6) is 4.99. The summed E-state index contributed by atoms with van der Waals surface area (Å²) in [4.78, 5) is 16.3. The topological polar surface area (TPSA) is 62.2 Å². The predicted molar refractivity (Wildman–Crippen MR) is 94.9 cm³/mol. The third kappa shape index (κ3) is 4.11. The van der Waals surface area contributed by atoms with Gasteiger partial charge in [0.25, 0.3) is 5.91 Å². The van der Waals surface area contributed by atoms with E-state index in [0.29, 0.717) is 5.69 Å². The lowest BCUT2D eigenvalue weighted by molar-refractivity contribution is -0.129. The summed E-state index contributed by atoms with van der Waals surface area (Å²) in [6, 6.07) is 22.3. The molecular formula is C21H16N2O2. The van der Waals surface area contributed by atoms with Crippen LogP contribution < -0.4 is 5.48 Å². The van der Waals surface area contributed by atoms with Gasteiger partial charge in [0, 0.05) is 11.8 Å². The molecule has 2 aromatic carbocycles. The van der Waals surface area contributed by atoms with Gasteiger partial charge in [-0.15, -0.1) is 0 Å². The van der Waals surface area contributed by atoms with E-state index in [2.05, 4.69) is 16.8 Å². The molecule has 2 N–H and O–H groups in total. The summed E-state index contributed by atoms with van der Waals surface area (Å²) in [5.41, 5.74) is 4.86. The van der Waals surface area contributed by atoms with E-state index in [4.69, 9.17) is 5.21 Å². The molecule has 3 rings (SSSR count). The lowest BCUT2D eigenvalue weighted by atomic mass is 9.90. The Balaban J connectivity index is 1.87. The number of amides is 1. The second-order valence-electron chi connectivity index (χ2n) is 5.41. The van der Waals surface area contributed by atoms with E-state index in [1.54, 1.807) is 11.7 Å². The van der Waals surface area contributed by atoms with Crippen molar-refractivity contribution in [2.75, 3.05) is 0 Å². The Bertz CT molecular complexity index is 895. The molecule has 0 saturated heterocycles. The van der Waals surface area contributed by atoms with Crippen LogP contribution in [0.4, 0.5) is 0 Å². The summed E-state index contributed by atoms with van der Waals surface area (Å²) in [6.07, 6.45) is 1.70. The van der Waals surface area contributed by atoms with Gasteiger partial charge in [-0.1, -0.05) is 54.5 Å². The van der Waals surface area contributed by atoms with Crippen LogP contribution in [-0.4, -0.2) is 16.1 Å². The summed E-state index contributed by atoms with van der Waals surface area (Å²) in [7, 11) is 0. The fraction of sp³-hybridized carbons (Fsp3) is 0.0476. The summed E-state index contributed by atoms with van der Waals surface area (Å²) in [6.45, 7) is 0. The minimum atomic E-state index is -0.580. The van der Waals surface area contributed by atoms with E-state index < -0.39 is 11.8 Å². The number of carbonyl (C=O) groups is 1. The first-order valence-corrected chi connectivity index (χ1v) is 7.80. The molecule has 0 spiro atoms. The smallest absolute Gasteiger partial charge is 0.255 e. The van der Waals surface area contributed by atoms with Gasteiger partial charge in [0.05, 0.1) is 5.92 Å². The first-order chi connectivity index (χ1) is 12.3. The van der Waals surface area contributed by atoms with Gasteiger partial charge in [-0.05, 0) is 41.3 Å². The van der Waals surface area contributed by atoms with Crippen LogP contribution in [-0.2, 0) is 4.79 Å². The fourth-order valence-electron chi connectivity index (χ4n) is 2.54. The Morgan fingerprint density at radius 2 is 1.56 bits per heavy atom. The number of aromatic nitrogens is 1. The maximum Gasteiger partial charge on any atom is 0.255 e. The van der Waals surface area contributed by atoms with E-state index in [-0.39, 0.29) is 0 Å². The molecule has 1 atom stereocenters. The maximum atomic E-state index is 12.1. The van der Waals surface area contributed by atoms with Gasteiger partial charge in [0.2, 0.25) is 0 Å². The number of benzene rings is 2. The van der Waals surface area contributed by atoms with E-state index in [0.717, 1.165) is 16.7 Å². The van der Waals surface area contributed by atoms with Gasteiger partial charge in [0.1, 0.15) is 5.69 Å². The molecule has 122 valence electrons. The van der Waals surface area contributed by atoms with Crippen LogP contribution >= 0.6 is 0 Å². The van der Waals surface area contributed by atoms with Crippen molar-refractivity contribution in [3.63, 3.8) is 0 Å². The van der Waals surface area contributed by atoms with Gasteiger partial charge >= 0.3 is 0 Å². The predicted octanol–water partition coefficient (Wildman–Crippen LogP) is 3.12. The van der Waals surface area contributed by atoms with Crippen LogP contribution in [0.2, 0.25) is 0 Å². The van der Waals surface area contributed by atoms with Gasteiger partial charge < -0.3 is 0 Å². The second kappa shape index (κ2) is 7.91. The van der Waals surface area contributed by atoms with Crippen molar-refractivity contribution in [1.82, 2.24) is 10.5 Å². The molecule has 0 radical (unpaired) electrons. The average molecular weight is 328 g/mol. The van der Waals surface area contributed by atoms with Crippen LogP contribution in [0.5, 0.6) is 0 Å². The molecule has 4 heteroatoms. The Morgan fingerprint density at radius 1 is 0.880 bits per heavy atom. The lowest BCUT2D eigenvalue weighted by Gasteiger charge is -2.15. The molecule has 1 heterocycles. The monoisotopic (exact) mass is 328 g/mol. The Morgan fingerprint density at radius 3 is 2.20 bits per heavy atom.